The lowest BCUT2D eigenvalue weighted by Crippen LogP contribution is -2.22. The second kappa shape index (κ2) is 6.44. The van der Waals surface area contributed by atoms with E-state index >= 15 is 0 Å². The Morgan fingerprint density at radius 1 is 0.905 bits per heavy atom. The summed E-state index contributed by atoms with van der Waals surface area (Å²) >= 11 is 0. The Bertz CT molecular complexity index is 622. The summed E-state index contributed by atoms with van der Waals surface area (Å²) < 4.78 is 0. The van der Waals surface area contributed by atoms with Gasteiger partial charge in [-0.1, -0.05) is 35.4 Å². The number of hydrogen-bond donors (Lipinski definition) is 2. The third-order valence-electron chi connectivity index (χ3n) is 3.44. The van der Waals surface area contributed by atoms with Gasteiger partial charge in [-0.15, -0.1) is 0 Å². The molecule has 0 aliphatic rings. The highest BCUT2D eigenvalue weighted by Crippen LogP contribution is 2.21. The molecule has 0 aliphatic carbocycles. The number of carbonyl (C=O) groups is 1. The summed E-state index contributed by atoms with van der Waals surface area (Å²) in [5, 5.41) is 6.12. The summed E-state index contributed by atoms with van der Waals surface area (Å²) in [6, 6.07) is 12.0. The van der Waals surface area contributed by atoms with Crippen LogP contribution in [0.15, 0.2) is 36.4 Å². The van der Waals surface area contributed by atoms with Crippen molar-refractivity contribution in [1.29, 1.82) is 0 Å². The van der Waals surface area contributed by atoms with Crippen molar-refractivity contribution in [2.24, 2.45) is 0 Å². The van der Waals surface area contributed by atoms with Gasteiger partial charge in [0.25, 0.3) is 0 Å². The lowest BCUT2D eigenvalue weighted by Gasteiger charge is -2.14. The molecule has 2 N–H and O–H groups in total. The van der Waals surface area contributed by atoms with Gasteiger partial charge in [-0.3, -0.25) is 4.79 Å². The predicted molar refractivity (Wildman–Crippen MR) is 89.0 cm³/mol. The first-order valence-corrected chi connectivity index (χ1v) is 7.14. The van der Waals surface area contributed by atoms with Crippen molar-refractivity contribution in [3.05, 3.63) is 58.7 Å². The first-order valence-electron chi connectivity index (χ1n) is 7.14. The van der Waals surface area contributed by atoms with Crippen LogP contribution in [0.3, 0.4) is 0 Å². The van der Waals surface area contributed by atoms with Crippen LogP contribution in [0.1, 0.15) is 22.3 Å². The summed E-state index contributed by atoms with van der Waals surface area (Å²) in [5.41, 5.74) is 6.60. The SMILES string of the molecule is Cc1ccc(NC(=O)CNc2c(C)cc(C)cc2C)cc1. The molecule has 2 aromatic rings. The molecule has 0 saturated carbocycles. The molecule has 2 aromatic carbocycles. The summed E-state index contributed by atoms with van der Waals surface area (Å²) in [4.78, 5) is 12.0. The number of rotatable bonds is 4. The molecule has 0 spiro atoms. The van der Waals surface area contributed by atoms with Crippen LogP contribution in [0.5, 0.6) is 0 Å². The highest BCUT2D eigenvalue weighted by Gasteiger charge is 2.06. The van der Waals surface area contributed by atoms with Gasteiger partial charge in [-0.25, -0.2) is 0 Å². The van der Waals surface area contributed by atoms with Gasteiger partial charge in [0, 0.05) is 11.4 Å². The first-order chi connectivity index (χ1) is 9.95. The van der Waals surface area contributed by atoms with Crippen molar-refractivity contribution in [3.8, 4) is 0 Å². The fraction of sp³-hybridized carbons (Fsp3) is 0.278. The molecule has 21 heavy (non-hydrogen) atoms. The van der Waals surface area contributed by atoms with Crippen LogP contribution in [0.25, 0.3) is 0 Å². The summed E-state index contributed by atoms with van der Waals surface area (Å²) in [7, 11) is 0. The average Bonchev–Trinajstić information content (AvgIpc) is 2.40. The van der Waals surface area contributed by atoms with Crippen LogP contribution < -0.4 is 10.6 Å². The molecule has 0 heterocycles. The maximum Gasteiger partial charge on any atom is 0.243 e. The zero-order valence-corrected chi connectivity index (χ0v) is 13.1. The number of aryl methyl sites for hydroxylation is 4. The largest absolute Gasteiger partial charge is 0.376 e. The zero-order valence-electron chi connectivity index (χ0n) is 13.1. The predicted octanol–water partition coefficient (Wildman–Crippen LogP) is 3.97. The maximum atomic E-state index is 12.0. The summed E-state index contributed by atoms with van der Waals surface area (Å²) in [5.74, 6) is -0.0433. The molecule has 0 unspecified atom stereocenters. The Morgan fingerprint density at radius 2 is 1.48 bits per heavy atom. The molecule has 0 radical (unpaired) electrons. The van der Waals surface area contributed by atoms with E-state index in [-0.39, 0.29) is 12.5 Å². The van der Waals surface area contributed by atoms with E-state index in [0.29, 0.717) is 0 Å². The Morgan fingerprint density at radius 3 is 2.05 bits per heavy atom. The molecule has 0 bridgehead atoms. The molecule has 0 atom stereocenters. The van der Waals surface area contributed by atoms with Gasteiger partial charge in [0.1, 0.15) is 0 Å². The number of anilines is 2. The Kier molecular flexibility index (Phi) is 4.63. The molecular weight excluding hydrogens is 260 g/mol. The van der Waals surface area contributed by atoms with E-state index < -0.39 is 0 Å². The Hall–Kier alpha value is -2.29. The van der Waals surface area contributed by atoms with Crippen molar-refractivity contribution in [2.45, 2.75) is 27.7 Å². The fourth-order valence-electron chi connectivity index (χ4n) is 2.47. The second-order valence-electron chi connectivity index (χ2n) is 5.54. The van der Waals surface area contributed by atoms with Gasteiger partial charge < -0.3 is 10.6 Å². The van der Waals surface area contributed by atoms with E-state index in [1.807, 2.05) is 31.2 Å². The smallest absolute Gasteiger partial charge is 0.243 e. The second-order valence-corrected chi connectivity index (χ2v) is 5.54. The number of nitrogens with one attached hydrogen (secondary N) is 2. The quantitative estimate of drug-likeness (QED) is 0.891. The van der Waals surface area contributed by atoms with E-state index in [1.54, 1.807) is 0 Å². The first kappa shape index (κ1) is 15.1. The Labute approximate surface area is 126 Å². The van der Waals surface area contributed by atoms with Crippen molar-refractivity contribution < 1.29 is 4.79 Å². The van der Waals surface area contributed by atoms with Crippen LogP contribution in [-0.4, -0.2) is 12.5 Å². The monoisotopic (exact) mass is 282 g/mol. The molecule has 3 nitrogen and oxygen atoms in total. The van der Waals surface area contributed by atoms with Crippen LogP contribution >= 0.6 is 0 Å². The van der Waals surface area contributed by atoms with E-state index in [4.69, 9.17) is 0 Å². The topological polar surface area (TPSA) is 41.1 Å². The molecule has 0 aliphatic heterocycles. The third kappa shape index (κ3) is 4.09. The van der Waals surface area contributed by atoms with Crippen molar-refractivity contribution in [2.75, 3.05) is 17.2 Å². The minimum absolute atomic E-state index is 0.0433. The fourth-order valence-corrected chi connectivity index (χ4v) is 2.47. The van der Waals surface area contributed by atoms with Gasteiger partial charge in [0.2, 0.25) is 5.91 Å². The van der Waals surface area contributed by atoms with E-state index in [9.17, 15) is 4.79 Å². The molecule has 0 aromatic heterocycles. The highest BCUT2D eigenvalue weighted by molar-refractivity contribution is 5.93. The highest BCUT2D eigenvalue weighted by atomic mass is 16.1. The number of carbonyl (C=O) groups excluding carboxylic acids is 1. The number of amides is 1. The summed E-state index contributed by atoms with van der Waals surface area (Å²) in [6.45, 7) is 8.48. The van der Waals surface area contributed by atoms with Gasteiger partial charge >= 0.3 is 0 Å². The molecule has 0 saturated heterocycles. The third-order valence-corrected chi connectivity index (χ3v) is 3.44. The normalized spacial score (nSPS) is 10.3. The molecule has 2 rings (SSSR count). The van der Waals surface area contributed by atoms with Crippen molar-refractivity contribution in [1.82, 2.24) is 0 Å². The van der Waals surface area contributed by atoms with E-state index in [2.05, 4.69) is 43.5 Å². The van der Waals surface area contributed by atoms with Gasteiger partial charge in [0.15, 0.2) is 0 Å². The van der Waals surface area contributed by atoms with Crippen LogP contribution in [-0.2, 0) is 4.79 Å². The lowest BCUT2D eigenvalue weighted by atomic mass is 10.1. The van der Waals surface area contributed by atoms with E-state index in [0.717, 1.165) is 22.5 Å². The van der Waals surface area contributed by atoms with Gasteiger partial charge in [-0.05, 0) is 51.0 Å². The van der Waals surface area contributed by atoms with Crippen LogP contribution in [0.2, 0.25) is 0 Å². The minimum atomic E-state index is -0.0433. The zero-order chi connectivity index (χ0) is 15.4. The lowest BCUT2D eigenvalue weighted by molar-refractivity contribution is -0.114. The van der Waals surface area contributed by atoms with Crippen molar-refractivity contribution >= 4 is 17.3 Å². The molecule has 0 fully saturated rings. The van der Waals surface area contributed by atoms with Crippen LogP contribution in [0, 0.1) is 27.7 Å². The van der Waals surface area contributed by atoms with Crippen LogP contribution in [0.4, 0.5) is 11.4 Å². The van der Waals surface area contributed by atoms with Gasteiger partial charge in [0.05, 0.1) is 6.54 Å². The summed E-state index contributed by atoms with van der Waals surface area (Å²) in [6.07, 6.45) is 0. The molecule has 110 valence electrons. The standard InChI is InChI=1S/C18H22N2O/c1-12-5-7-16(8-6-12)20-17(21)11-19-18-14(3)9-13(2)10-15(18)4/h5-10,19H,11H2,1-4H3,(H,20,21). The van der Waals surface area contributed by atoms with Crippen molar-refractivity contribution in [3.63, 3.8) is 0 Å². The number of benzene rings is 2. The molecular formula is C18H22N2O. The average molecular weight is 282 g/mol. The number of hydrogen-bond acceptors (Lipinski definition) is 2. The van der Waals surface area contributed by atoms with E-state index in [1.165, 1.54) is 11.1 Å². The maximum absolute atomic E-state index is 12.0. The molecule has 3 heteroatoms. The van der Waals surface area contributed by atoms with Gasteiger partial charge in [-0.2, -0.15) is 0 Å². The molecule has 1 amide bonds. The minimum Gasteiger partial charge on any atom is -0.376 e. The Balaban J connectivity index is 1.97.